The molecule has 1 aliphatic rings. The van der Waals surface area contributed by atoms with Crippen LogP contribution in [-0.2, 0) is 18.2 Å². The van der Waals surface area contributed by atoms with E-state index in [1.165, 1.54) is 5.56 Å². The fraction of sp³-hybridized carbons (Fsp3) is 0.769. The largest absolute Gasteiger partial charge is 0.381 e. The number of aromatic nitrogens is 2. The summed E-state index contributed by atoms with van der Waals surface area (Å²) < 4.78 is 7.18. The average molecular weight is 272 g/mol. The summed E-state index contributed by atoms with van der Waals surface area (Å²) in [5, 5.41) is 8.57. The monoisotopic (exact) mass is 271 g/mol. The van der Waals surface area contributed by atoms with Crippen LogP contribution in [-0.4, -0.2) is 36.1 Å². The SMILES string of the molecule is CNC(Cc1c(C)nn(C)c1Cl)C1CCOCC1. The summed E-state index contributed by atoms with van der Waals surface area (Å²) in [7, 11) is 3.92. The molecule has 0 amide bonds. The van der Waals surface area contributed by atoms with Gasteiger partial charge in [0.1, 0.15) is 5.15 Å². The smallest absolute Gasteiger partial charge is 0.130 e. The molecule has 0 spiro atoms. The topological polar surface area (TPSA) is 39.1 Å². The molecule has 0 aromatic carbocycles. The van der Waals surface area contributed by atoms with E-state index in [1.807, 2.05) is 21.0 Å². The lowest BCUT2D eigenvalue weighted by Crippen LogP contribution is -2.38. The molecule has 0 bridgehead atoms. The van der Waals surface area contributed by atoms with E-state index >= 15 is 0 Å². The summed E-state index contributed by atoms with van der Waals surface area (Å²) >= 11 is 6.30. The Labute approximate surface area is 114 Å². The normalized spacial score (nSPS) is 19.1. The van der Waals surface area contributed by atoms with Gasteiger partial charge in [0.15, 0.2) is 0 Å². The van der Waals surface area contributed by atoms with E-state index in [2.05, 4.69) is 10.4 Å². The zero-order chi connectivity index (χ0) is 13.1. The number of ether oxygens (including phenoxy) is 1. The van der Waals surface area contributed by atoms with Crippen LogP contribution in [0.2, 0.25) is 5.15 Å². The first-order chi connectivity index (χ1) is 8.63. The van der Waals surface area contributed by atoms with Crippen molar-refractivity contribution in [3.05, 3.63) is 16.4 Å². The van der Waals surface area contributed by atoms with Crippen molar-refractivity contribution in [3.63, 3.8) is 0 Å². The molecule has 0 saturated carbocycles. The Morgan fingerprint density at radius 1 is 1.50 bits per heavy atom. The molecule has 4 nitrogen and oxygen atoms in total. The minimum atomic E-state index is 0.453. The number of hydrogen-bond donors (Lipinski definition) is 1. The van der Waals surface area contributed by atoms with Gasteiger partial charge in [0.2, 0.25) is 0 Å². The Morgan fingerprint density at radius 2 is 2.17 bits per heavy atom. The van der Waals surface area contributed by atoms with E-state index in [-0.39, 0.29) is 0 Å². The maximum absolute atomic E-state index is 6.30. The highest BCUT2D eigenvalue weighted by Gasteiger charge is 2.25. The van der Waals surface area contributed by atoms with Crippen molar-refractivity contribution < 1.29 is 4.74 Å². The summed E-state index contributed by atoms with van der Waals surface area (Å²) in [5.41, 5.74) is 2.21. The van der Waals surface area contributed by atoms with Crippen LogP contribution < -0.4 is 5.32 Å². The molecule has 1 aliphatic heterocycles. The van der Waals surface area contributed by atoms with Crippen LogP contribution in [0.15, 0.2) is 0 Å². The lowest BCUT2D eigenvalue weighted by Gasteiger charge is -2.30. The van der Waals surface area contributed by atoms with Gasteiger partial charge in [0.25, 0.3) is 0 Å². The molecular formula is C13H22ClN3O. The van der Waals surface area contributed by atoms with Gasteiger partial charge in [0.05, 0.1) is 5.69 Å². The van der Waals surface area contributed by atoms with Crippen LogP contribution in [0.3, 0.4) is 0 Å². The molecule has 5 heteroatoms. The van der Waals surface area contributed by atoms with Gasteiger partial charge in [-0.25, -0.2) is 0 Å². The zero-order valence-electron chi connectivity index (χ0n) is 11.4. The van der Waals surface area contributed by atoms with E-state index < -0.39 is 0 Å². The van der Waals surface area contributed by atoms with Gasteiger partial charge in [0, 0.05) is 31.9 Å². The Kier molecular flexibility index (Phi) is 4.65. The van der Waals surface area contributed by atoms with Gasteiger partial charge in [-0.05, 0) is 39.2 Å². The van der Waals surface area contributed by atoms with Crippen molar-refractivity contribution in [1.82, 2.24) is 15.1 Å². The third-order valence-corrected chi connectivity index (χ3v) is 4.37. The highest BCUT2D eigenvalue weighted by molar-refractivity contribution is 6.30. The van der Waals surface area contributed by atoms with Crippen LogP contribution in [0.25, 0.3) is 0 Å². The maximum atomic E-state index is 6.30. The molecule has 18 heavy (non-hydrogen) atoms. The average Bonchev–Trinajstić information content (AvgIpc) is 2.62. The highest BCUT2D eigenvalue weighted by Crippen LogP contribution is 2.26. The first kappa shape index (κ1) is 13.8. The second-order valence-corrected chi connectivity index (χ2v) is 5.39. The molecule has 1 aromatic rings. The van der Waals surface area contributed by atoms with Crippen LogP contribution in [0.4, 0.5) is 0 Å². The minimum absolute atomic E-state index is 0.453. The highest BCUT2D eigenvalue weighted by atomic mass is 35.5. The minimum Gasteiger partial charge on any atom is -0.381 e. The van der Waals surface area contributed by atoms with Crippen molar-refractivity contribution in [2.45, 2.75) is 32.2 Å². The number of halogens is 1. The molecular weight excluding hydrogens is 250 g/mol. The first-order valence-electron chi connectivity index (χ1n) is 6.56. The zero-order valence-corrected chi connectivity index (χ0v) is 12.1. The number of aryl methyl sites for hydroxylation is 2. The van der Waals surface area contributed by atoms with Gasteiger partial charge in [-0.3, -0.25) is 4.68 Å². The molecule has 2 heterocycles. The summed E-state index contributed by atoms with van der Waals surface area (Å²) in [6.45, 7) is 3.78. The van der Waals surface area contributed by atoms with Crippen LogP contribution >= 0.6 is 11.6 Å². The second kappa shape index (κ2) is 6.04. The van der Waals surface area contributed by atoms with Crippen molar-refractivity contribution >= 4 is 11.6 Å². The maximum Gasteiger partial charge on any atom is 0.130 e. The summed E-state index contributed by atoms with van der Waals surface area (Å²) in [6.07, 6.45) is 3.20. The van der Waals surface area contributed by atoms with Crippen molar-refractivity contribution in [1.29, 1.82) is 0 Å². The Hall–Kier alpha value is -0.580. The second-order valence-electron chi connectivity index (χ2n) is 5.03. The van der Waals surface area contributed by atoms with E-state index in [4.69, 9.17) is 16.3 Å². The lowest BCUT2D eigenvalue weighted by molar-refractivity contribution is 0.0547. The quantitative estimate of drug-likeness (QED) is 0.910. The van der Waals surface area contributed by atoms with Crippen LogP contribution in [0.5, 0.6) is 0 Å². The molecule has 1 fully saturated rings. The molecule has 102 valence electrons. The first-order valence-corrected chi connectivity index (χ1v) is 6.94. The van der Waals surface area contributed by atoms with Gasteiger partial charge in [-0.2, -0.15) is 5.10 Å². The molecule has 2 rings (SSSR count). The van der Waals surface area contributed by atoms with Crippen molar-refractivity contribution in [3.8, 4) is 0 Å². The summed E-state index contributed by atoms with van der Waals surface area (Å²) in [4.78, 5) is 0. The molecule has 1 N–H and O–H groups in total. The fourth-order valence-electron chi connectivity index (χ4n) is 2.75. The number of rotatable bonds is 4. The molecule has 1 saturated heterocycles. The predicted octanol–water partition coefficient (Wildman–Crippen LogP) is 1.94. The van der Waals surface area contributed by atoms with Gasteiger partial charge < -0.3 is 10.1 Å². The molecule has 1 unspecified atom stereocenters. The number of likely N-dealkylation sites (N-methyl/N-ethyl adjacent to an activating group) is 1. The summed E-state index contributed by atoms with van der Waals surface area (Å²) in [6, 6.07) is 0.453. The molecule has 1 aromatic heterocycles. The van der Waals surface area contributed by atoms with E-state index in [0.29, 0.717) is 12.0 Å². The fourth-order valence-corrected chi connectivity index (χ4v) is 3.00. The Morgan fingerprint density at radius 3 is 2.67 bits per heavy atom. The molecule has 0 radical (unpaired) electrons. The van der Waals surface area contributed by atoms with Crippen LogP contribution in [0.1, 0.15) is 24.1 Å². The third kappa shape index (κ3) is 2.87. The van der Waals surface area contributed by atoms with E-state index in [0.717, 1.165) is 43.3 Å². The van der Waals surface area contributed by atoms with Gasteiger partial charge >= 0.3 is 0 Å². The van der Waals surface area contributed by atoms with Crippen LogP contribution in [0, 0.1) is 12.8 Å². The molecule has 0 aliphatic carbocycles. The number of nitrogens with one attached hydrogen (secondary N) is 1. The number of hydrogen-bond acceptors (Lipinski definition) is 3. The molecule has 1 atom stereocenters. The van der Waals surface area contributed by atoms with E-state index in [1.54, 1.807) is 4.68 Å². The summed E-state index contributed by atoms with van der Waals surface area (Å²) in [5.74, 6) is 0.666. The third-order valence-electron chi connectivity index (χ3n) is 3.90. The predicted molar refractivity (Wildman–Crippen MR) is 73.0 cm³/mol. The Balaban J connectivity index is 2.09. The van der Waals surface area contributed by atoms with Crippen molar-refractivity contribution in [2.75, 3.05) is 20.3 Å². The van der Waals surface area contributed by atoms with Gasteiger partial charge in [-0.15, -0.1) is 0 Å². The Bertz CT molecular complexity index is 399. The van der Waals surface area contributed by atoms with Gasteiger partial charge in [-0.1, -0.05) is 11.6 Å². The van der Waals surface area contributed by atoms with E-state index in [9.17, 15) is 0 Å². The standard InChI is InChI=1S/C13H22ClN3O/c1-9-11(13(14)17(3)16-9)8-12(15-2)10-4-6-18-7-5-10/h10,12,15H,4-8H2,1-3H3. The van der Waals surface area contributed by atoms with Crippen molar-refractivity contribution in [2.24, 2.45) is 13.0 Å². The lowest BCUT2D eigenvalue weighted by atomic mass is 9.88. The number of nitrogens with zero attached hydrogens (tertiary/aromatic N) is 2.